The molecule has 1 atom stereocenters. The lowest BCUT2D eigenvalue weighted by Gasteiger charge is -2.47. The Hall–Kier alpha value is -1.83. The number of urea groups is 1. The number of amides is 2. The first-order valence-corrected chi connectivity index (χ1v) is 6.93. The van der Waals surface area contributed by atoms with E-state index in [2.05, 4.69) is 15.5 Å². The molecule has 0 aromatic carbocycles. The zero-order chi connectivity index (χ0) is 16.0. The summed E-state index contributed by atoms with van der Waals surface area (Å²) >= 11 is 0. The van der Waals surface area contributed by atoms with Gasteiger partial charge in [0, 0.05) is 18.5 Å². The number of carboxylic acid groups (broad SMARTS) is 2. The van der Waals surface area contributed by atoms with Gasteiger partial charge in [0.15, 0.2) is 0 Å². The highest BCUT2D eigenvalue weighted by molar-refractivity contribution is 5.83. The number of carboxylic acids is 2. The largest absolute Gasteiger partial charge is 0.481 e. The summed E-state index contributed by atoms with van der Waals surface area (Å²) < 4.78 is 0. The van der Waals surface area contributed by atoms with Crippen molar-refractivity contribution in [3.8, 4) is 0 Å². The van der Waals surface area contributed by atoms with Gasteiger partial charge in [-0.1, -0.05) is 0 Å². The molecule has 0 aromatic rings. The summed E-state index contributed by atoms with van der Waals surface area (Å²) in [5.74, 6) is -2.33. The molecule has 1 saturated carbocycles. The van der Waals surface area contributed by atoms with Crippen molar-refractivity contribution in [1.29, 1.82) is 0 Å². The summed E-state index contributed by atoms with van der Waals surface area (Å²) in [6.45, 7) is 0.442. The molecule has 4 N–H and O–H groups in total. The van der Waals surface area contributed by atoms with E-state index in [0.29, 0.717) is 6.54 Å². The van der Waals surface area contributed by atoms with Crippen LogP contribution in [0.15, 0.2) is 0 Å². The maximum absolute atomic E-state index is 11.8. The minimum Gasteiger partial charge on any atom is -0.481 e. The fourth-order valence-corrected chi connectivity index (χ4v) is 2.35. The van der Waals surface area contributed by atoms with Crippen LogP contribution in [0.3, 0.4) is 0 Å². The molecule has 1 unspecified atom stereocenters. The van der Waals surface area contributed by atoms with Crippen molar-refractivity contribution in [1.82, 2.24) is 15.5 Å². The zero-order valence-corrected chi connectivity index (χ0v) is 12.4. The van der Waals surface area contributed by atoms with Crippen molar-refractivity contribution in [3.05, 3.63) is 0 Å². The van der Waals surface area contributed by atoms with E-state index in [1.54, 1.807) is 0 Å². The van der Waals surface area contributed by atoms with E-state index in [4.69, 9.17) is 10.2 Å². The molecule has 1 aliphatic carbocycles. The molecule has 120 valence electrons. The lowest BCUT2D eigenvalue weighted by Crippen LogP contribution is -2.59. The van der Waals surface area contributed by atoms with E-state index in [9.17, 15) is 14.4 Å². The average molecular weight is 301 g/mol. The Morgan fingerprint density at radius 2 is 1.86 bits per heavy atom. The predicted molar refractivity (Wildman–Crippen MR) is 75.1 cm³/mol. The first-order chi connectivity index (χ1) is 9.77. The number of hydrogen-bond donors (Lipinski definition) is 4. The zero-order valence-electron chi connectivity index (χ0n) is 12.4. The van der Waals surface area contributed by atoms with Crippen molar-refractivity contribution in [2.45, 2.75) is 43.7 Å². The van der Waals surface area contributed by atoms with Gasteiger partial charge in [-0.15, -0.1) is 0 Å². The Balaban J connectivity index is 2.43. The molecule has 0 heterocycles. The molecule has 1 rings (SSSR count). The molecule has 0 spiro atoms. The molecule has 0 bridgehead atoms. The number of likely N-dealkylation sites (N-methyl/N-ethyl adjacent to an activating group) is 1. The quantitative estimate of drug-likeness (QED) is 0.504. The molecule has 0 aromatic heterocycles. The summed E-state index contributed by atoms with van der Waals surface area (Å²) in [4.78, 5) is 35.3. The van der Waals surface area contributed by atoms with Gasteiger partial charge in [-0.25, -0.2) is 9.59 Å². The minimum absolute atomic E-state index is 0.0584. The van der Waals surface area contributed by atoms with Crippen LogP contribution in [0.4, 0.5) is 4.79 Å². The number of rotatable bonds is 8. The summed E-state index contributed by atoms with van der Waals surface area (Å²) in [5.41, 5.74) is -0.0584. The molecule has 8 nitrogen and oxygen atoms in total. The molecule has 0 radical (unpaired) electrons. The second-order valence-corrected chi connectivity index (χ2v) is 5.62. The number of carbonyl (C=O) groups is 3. The Bertz CT molecular complexity index is 407. The van der Waals surface area contributed by atoms with Crippen LogP contribution in [0.2, 0.25) is 0 Å². The van der Waals surface area contributed by atoms with Gasteiger partial charge in [0.05, 0.1) is 0 Å². The van der Waals surface area contributed by atoms with Gasteiger partial charge in [0.2, 0.25) is 0 Å². The second kappa shape index (κ2) is 7.26. The van der Waals surface area contributed by atoms with Crippen molar-refractivity contribution in [3.63, 3.8) is 0 Å². The summed E-state index contributed by atoms with van der Waals surface area (Å²) in [6.07, 6.45) is 2.64. The van der Waals surface area contributed by atoms with Crippen LogP contribution in [0.5, 0.6) is 0 Å². The topological polar surface area (TPSA) is 119 Å². The van der Waals surface area contributed by atoms with E-state index in [1.807, 2.05) is 14.1 Å². The maximum Gasteiger partial charge on any atom is 0.326 e. The highest BCUT2D eigenvalue weighted by Crippen LogP contribution is 2.35. The third kappa shape index (κ3) is 4.89. The highest BCUT2D eigenvalue weighted by Gasteiger charge is 2.39. The molecule has 0 aliphatic heterocycles. The van der Waals surface area contributed by atoms with E-state index < -0.39 is 24.0 Å². The number of nitrogens with one attached hydrogen (secondary N) is 2. The first-order valence-electron chi connectivity index (χ1n) is 6.93. The smallest absolute Gasteiger partial charge is 0.326 e. The fourth-order valence-electron chi connectivity index (χ4n) is 2.35. The van der Waals surface area contributed by atoms with Crippen LogP contribution in [-0.2, 0) is 9.59 Å². The molecule has 1 fully saturated rings. The lowest BCUT2D eigenvalue weighted by molar-refractivity contribution is -0.140. The van der Waals surface area contributed by atoms with Gasteiger partial charge in [-0.3, -0.25) is 4.79 Å². The van der Waals surface area contributed by atoms with Crippen LogP contribution in [0, 0.1) is 0 Å². The molecular formula is C13H23N3O5. The van der Waals surface area contributed by atoms with E-state index in [-0.39, 0.29) is 18.4 Å². The summed E-state index contributed by atoms with van der Waals surface area (Å²) in [7, 11) is 3.90. The normalized spacial score (nSPS) is 17.7. The number of hydrogen-bond acceptors (Lipinski definition) is 4. The summed E-state index contributed by atoms with van der Waals surface area (Å²) in [5, 5.41) is 22.5. The summed E-state index contributed by atoms with van der Waals surface area (Å²) in [6, 6.07) is -1.78. The highest BCUT2D eigenvalue weighted by atomic mass is 16.4. The van der Waals surface area contributed by atoms with Crippen LogP contribution in [0.1, 0.15) is 32.1 Å². The Labute approximate surface area is 123 Å². The van der Waals surface area contributed by atoms with Crippen molar-refractivity contribution in [2.75, 3.05) is 20.6 Å². The third-order valence-corrected chi connectivity index (χ3v) is 4.06. The molecule has 0 saturated heterocycles. The third-order valence-electron chi connectivity index (χ3n) is 4.06. The number of aliphatic carboxylic acids is 2. The maximum atomic E-state index is 11.8. The van der Waals surface area contributed by atoms with Gasteiger partial charge in [0.1, 0.15) is 6.04 Å². The van der Waals surface area contributed by atoms with Gasteiger partial charge < -0.3 is 25.7 Å². The van der Waals surface area contributed by atoms with Gasteiger partial charge >= 0.3 is 18.0 Å². The van der Waals surface area contributed by atoms with Crippen LogP contribution in [0.25, 0.3) is 0 Å². The van der Waals surface area contributed by atoms with Crippen molar-refractivity contribution in [2.24, 2.45) is 0 Å². The molecular weight excluding hydrogens is 278 g/mol. The number of carbonyl (C=O) groups excluding carboxylic acids is 1. The van der Waals surface area contributed by atoms with E-state index >= 15 is 0 Å². The first kappa shape index (κ1) is 17.2. The predicted octanol–water partition coefficient (Wildman–Crippen LogP) is 0.0879. The second-order valence-electron chi connectivity index (χ2n) is 5.62. The van der Waals surface area contributed by atoms with Crippen LogP contribution < -0.4 is 10.6 Å². The monoisotopic (exact) mass is 301 g/mol. The SMILES string of the molecule is CN(C)C1(CNC(=O)NC(CCC(=O)O)C(=O)O)CCC1. The fraction of sp³-hybridized carbons (Fsp3) is 0.769. The van der Waals surface area contributed by atoms with Gasteiger partial charge in [-0.2, -0.15) is 0 Å². The molecule has 21 heavy (non-hydrogen) atoms. The van der Waals surface area contributed by atoms with Gasteiger partial charge in [0.25, 0.3) is 0 Å². The average Bonchev–Trinajstić information content (AvgIpc) is 2.31. The molecule has 2 amide bonds. The standard InChI is InChI=1S/C13H23N3O5/c1-16(2)13(6-3-7-13)8-14-12(21)15-9(11(19)20)4-5-10(17)18/h9H,3-8H2,1-2H3,(H,17,18)(H,19,20)(H2,14,15,21). The molecule has 8 heteroatoms. The van der Waals surface area contributed by atoms with E-state index in [1.165, 1.54) is 0 Å². The Kier molecular flexibility index (Phi) is 5.95. The Morgan fingerprint density at radius 3 is 2.24 bits per heavy atom. The Morgan fingerprint density at radius 1 is 1.24 bits per heavy atom. The van der Waals surface area contributed by atoms with Crippen molar-refractivity contribution >= 4 is 18.0 Å². The van der Waals surface area contributed by atoms with Crippen molar-refractivity contribution < 1.29 is 24.6 Å². The lowest BCUT2D eigenvalue weighted by atomic mass is 9.75. The molecule has 1 aliphatic rings. The minimum atomic E-state index is -1.24. The van der Waals surface area contributed by atoms with Crippen LogP contribution in [-0.4, -0.2) is 65.3 Å². The van der Waals surface area contributed by atoms with Crippen LogP contribution >= 0.6 is 0 Å². The van der Waals surface area contributed by atoms with E-state index in [0.717, 1.165) is 19.3 Å². The number of nitrogens with zero attached hydrogens (tertiary/aromatic N) is 1. The van der Waals surface area contributed by atoms with Gasteiger partial charge in [-0.05, 0) is 39.8 Å².